The number of carbonyl (C=O) groups excluding carboxylic acids is 1. The summed E-state index contributed by atoms with van der Waals surface area (Å²) >= 11 is 0. The first-order valence-electron chi connectivity index (χ1n) is 11.8. The molecule has 0 fully saturated rings. The first-order valence-corrected chi connectivity index (χ1v) is 11.8. The third-order valence-electron chi connectivity index (χ3n) is 5.60. The maximum atomic E-state index is 14.9. The lowest BCUT2D eigenvalue weighted by Gasteiger charge is -2.09. The Labute approximate surface area is 221 Å². The van der Waals surface area contributed by atoms with Crippen molar-refractivity contribution in [2.75, 3.05) is 5.32 Å². The second-order valence-corrected chi connectivity index (χ2v) is 8.70. The van der Waals surface area contributed by atoms with Gasteiger partial charge < -0.3 is 10.6 Å². The summed E-state index contributed by atoms with van der Waals surface area (Å²) < 4.78 is 28.4. The Hall–Kier alpha value is -5.20. The Balaban J connectivity index is 1.27. The number of rotatable bonds is 7. The third-order valence-corrected chi connectivity index (χ3v) is 5.60. The number of pyridine rings is 2. The number of aryl methyl sites for hydroxylation is 3. The van der Waals surface area contributed by atoms with Gasteiger partial charge in [-0.05, 0) is 32.9 Å². The Kier molecular flexibility index (Phi) is 6.95. The van der Waals surface area contributed by atoms with Crippen molar-refractivity contribution in [3.05, 3.63) is 89.2 Å². The van der Waals surface area contributed by atoms with Gasteiger partial charge in [0, 0.05) is 46.5 Å². The van der Waals surface area contributed by atoms with Crippen molar-refractivity contribution in [3.63, 3.8) is 0 Å². The minimum Gasteiger partial charge on any atom is -0.345 e. The van der Waals surface area contributed by atoms with E-state index in [0.29, 0.717) is 45.5 Å². The van der Waals surface area contributed by atoms with Crippen molar-refractivity contribution in [3.8, 4) is 22.6 Å². The van der Waals surface area contributed by atoms with Crippen LogP contribution >= 0.6 is 0 Å². The van der Waals surface area contributed by atoms with Crippen LogP contribution in [0, 0.1) is 32.4 Å². The molecule has 13 heteroatoms. The number of anilines is 2. The molecule has 3 N–H and O–H groups in total. The molecule has 0 aliphatic carbocycles. The second kappa shape index (κ2) is 10.7. The monoisotopic (exact) mass is 528 g/mol. The fraction of sp³-hybridized carbons (Fsp3) is 0.154. The van der Waals surface area contributed by atoms with Crippen molar-refractivity contribution < 1.29 is 13.6 Å². The van der Waals surface area contributed by atoms with Crippen LogP contribution in [-0.4, -0.2) is 46.0 Å². The summed E-state index contributed by atoms with van der Waals surface area (Å²) in [5, 5.41) is 12.6. The molecule has 0 saturated heterocycles. The molecule has 5 aromatic heterocycles. The topological polar surface area (TPSA) is 147 Å². The highest BCUT2D eigenvalue weighted by Crippen LogP contribution is 2.22. The predicted molar refractivity (Wildman–Crippen MR) is 138 cm³/mol. The molecule has 0 aliphatic heterocycles. The highest BCUT2D eigenvalue weighted by molar-refractivity contribution is 5.92. The fourth-order valence-corrected chi connectivity index (χ4v) is 3.71. The average Bonchev–Trinajstić information content (AvgIpc) is 3.32. The lowest BCUT2D eigenvalue weighted by molar-refractivity contribution is 0.0941. The van der Waals surface area contributed by atoms with Gasteiger partial charge >= 0.3 is 0 Å². The summed E-state index contributed by atoms with van der Waals surface area (Å²) in [5.74, 6) is -0.748. The van der Waals surface area contributed by atoms with Gasteiger partial charge in [0.25, 0.3) is 5.91 Å². The predicted octanol–water partition coefficient (Wildman–Crippen LogP) is 3.99. The molecule has 0 bridgehead atoms. The normalized spacial score (nSPS) is 10.9. The molecule has 5 aromatic rings. The molecular formula is C26H22F2N10O. The van der Waals surface area contributed by atoms with Crippen LogP contribution in [0.2, 0.25) is 0 Å². The molecule has 0 saturated carbocycles. The molecule has 0 unspecified atom stereocenters. The van der Waals surface area contributed by atoms with Crippen LogP contribution in [0.3, 0.4) is 0 Å². The zero-order valence-corrected chi connectivity index (χ0v) is 21.1. The molecule has 5 rings (SSSR count). The zero-order chi connectivity index (χ0) is 27.5. The standard InChI is InChI=1S/C26H22F2N10O/c1-13-4-22(35-23-5-14(2)37-38-23)36-25(34-13)16-6-20(28)24(32-8-16)26(39)33-11-18-10-31-21(12-30-18)19-7-17(27)9-29-15(19)3/h4-10,12H,11H2,1-3H3,(H,33,39)(H2,34,35,36,37,38). The smallest absolute Gasteiger partial charge is 0.273 e. The Morgan fingerprint density at radius 2 is 1.74 bits per heavy atom. The van der Waals surface area contributed by atoms with Gasteiger partial charge in [-0.15, -0.1) is 0 Å². The van der Waals surface area contributed by atoms with Crippen LogP contribution in [0.25, 0.3) is 22.6 Å². The van der Waals surface area contributed by atoms with Gasteiger partial charge in [0.1, 0.15) is 11.6 Å². The van der Waals surface area contributed by atoms with Crippen LogP contribution in [0.1, 0.15) is 33.3 Å². The molecular weight excluding hydrogens is 506 g/mol. The Morgan fingerprint density at radius 3 is 2.46 bits per heavy atom. The molecule has 0 aliphatic rings. The quantitative estimate of drug-likeness (QED) is 0.285. The van der Waals surface area contributed by atoms with Crippen LogP contribution in [0.4, 0.5) is 20.4 Å². The summed E-state index contributed by atoms with van der Waals surface area (Å²) in [5.41, 5.74) is 3.42. The minimum atomic E-state index is -0.831. The summed E-state index contributed by atoms with van der Waals surface area (Å²) in [7, 11) is 0. The van der Waals surface area contributed by atoms with Crippen LogP contribution in [0.5, 0.6) is 0 Å². The third kappa shape index (κ3) is 5.87. The largest absolute Gasteiger partial charge is 0.345 e. The number of amides is 1. The number of hydrogen-bond acceptors (Lipinski definition) is 9. The molecule has 196 valence electrons. The van der Waals surface area contributed by atoms with E-state index in [9.17, 15) is 13.6 Å². The van der Waals surface area contributed by atoms with Gasteiger partial charge in [-0.25, -0.2) is 23.7 Å². The number of nitrogens with zero attached hydrogens (tertiary/aromatic N) is 7. The number of aromatic amines is 1. The van der Waals surface area contributed by atoms with E-state index in [1.807, 2.05) is 13.0 Å². The summed E-state index contributed by atoms with van der Waals surface area (Å²) in [6, 6.07) is 6.02. The summed E-state index contributed by atoms with van der Waals surface area (Å²) in [4.78, 5) is 37.9. The minimum absolute atomic E-state index is 0.0158. The van der Waals surface area contributed by atoms with Gasteiger partial charge in [0.15, 0.2) is 23.2 Å². The summed E-state index contributed by atoms with van der Waals surface area (Å²) in [6.45, 7) is 5.37. The van der Waals surface area contributed by atoms with Crippen molar-refractivity contribution in [2.24, 2.45) is 0 Å². The lowest BCUT2D eigenvalue weighted by Crippen LogP contribution is -2.25. The fourth-order valence-electron chi connectivity index (χ4n) is 3.71. The SMILES string of the molecule is Cc1cc(Nc2cc(C)[nH]n2)nc(-c2cnc(C(=O)NCc3cnc(-c4cc(F)cnc4C)cn3)c(F)c2)n1. The van der Waals surface area contributed by atoms with Crippen LogP contribution in [0.15, 0.2) is 49.1 Å². The van der Waals surface area contributed by atoms with Crippen molar-refractivity contribution in [1.82, 2.24) is 45.4 Å². The number of halogens is 2. The molecule has 39 heavy (non-hydrogen) atoms. The highest BCUT2D eigenvalue weighted by atomic mass is 19.1. The second-order valence-electron chi connectivity index (χ2n) is 8.70. The van der Waals surface area contributed by atoms with Crippen molar-refractivity contribution >= 4 is 17.5 Å². The Bertz CT molecular complexity index is 1670. The van der Waals surface area contributed by atoms with E-state index in [-0.39, 0.29) is 18.1 Å². The average molecular weight is 529 g/mol. The summed E-state index contributed by atoms with van der Waals surface area (Å²) in [6.07, 6.45) is 5.36. The number of nitrogens with one attached hydrogen (secondary N) is 3. The molecule has 0 aromatic carbocycles. The number of carbonyl (C=O) groups is 1. The van der Waals surface area contributed by atoms with Gasteiger partial charge in [-0.3, -0.25) is 24.8 Å². The molecule has 0 atom stereocenters. The van der Waals surface area contributed by atoms with E-state index in [2.05, 4.69) is 50.7 Å². The first-order chi connectivity index (χ1) is 18.7. The maximum absolute atomic E-state index is 14.9. The maximum Gasteiger partial charge on any atom is 0.273 e. The highest BCUT2D eigenvalue weighted by Gasteiger charge is 2.17. The number of H-pyrrole nitrogens is 1. The molecule has 11 nitrogen and oxygen atoms in total. The van der Waals surface area contributed by atoms with Gasteiger partial charge in [-0.2, -0.15) is 5.10 Å². The molecule has 0 spiro atoms. The van der Waals surface area contributed by atoms with Gasteiger partial charge in [0.05, 0.1) is 36.5 Å². The van der Waals surface area contributed by atoms with E-state index < -0.39 is 17.5 Å². The molecule has 5 heterocycles. The van der Waals surface area contributed by atoms with Gasteiger partial charge in [-0.1, -0.05) is 0 Å². The van der Waals surface area contributed by atoms with E-state index >= 15 is 0 Å². The molecule has 1 amide bonds. The zero-order valence-electron chi connectivity index (χ0n) is 21.1. The van der Waals surface area contributed by atoms with E-state index in [1.165, 1.54) is 24.7 Å². The van der Waals surface area contributed by atoms with E-state index in [0.717, 1.165) is 18.0 Å². The van der Waals surface area contributed by atoms with Crippen molar-refractivity contribution in [1.29, 1.82) is 0 Å². The van der Waals surface area contributed by atoms with E-state index in [4.69, 9.17) is 0 Å². The number of aromatic nitrogens is 8. The van der Waals surface area contributed by atoms with Crippen LogP contribution in [-0.2, 0) is 6.54 Å². The Morgan fingerprint density at radius 1 is 0.897 bits per heavy atom. The van der Waals surface area contributed by atoms with Crippen LogP contribution < -0.4 is 10.6 Å². The van der Waals surface area contributed by atoms with Crippen molar-refractivity contribution in [2.45, 2.75) is 27.3 Å². The van der Waals surface area contributed by atoms with Gasteiger partial charge in [0.2, 0.25) is 0 Å². The lowest BCUT2D eigenvalue weighted by atomic mass is 10.1. The first kappa shape index (κ1) is 25.4. The van der Waals surface area contributed by atoms with E-state index in [1.54, 1.807) is 19.9 Å². The molecule has 0 radical (unpaired) electrons. The number of hydrogen-bond donors (Lipinski definition) is 3.